The van der Waals surface area contributed by atoms with Crippen molar-refractivity contribution in [2.75, 3.05) is 12.3 Å². The molecule has 1 amide bonds. The van der Waals surface area contributed by atoms with E-state index >= 15 is 0 Å². The largest absolute Gasteiger partial charge is 0.399 e. The van der Waals surface area contributed by atoms with E-state index in [0.717, 1.165) is 10.2 Å². The molecule has 2 atom stereocenters. The van der Waals surface area contributed by atoms with Gasteiger partial charge < -0.3 is 15.4 Å². The van der Waals surface area contributed by atoms with Crippen LogP contribution in [0.1, 0.15) is 24.3 Å². The number of nitrogens with zero attached hydrogens (tertiary/aromatic N) is 3. The summed E-state index contributed by atoms with van der Waals surface area (Å²) in [4.78, 5) is 14.7. The molecule has 0 bridgehead atoms. The van der Waals surface area contributed by atoms with Gasteiger partial charge in [0.1, 0.15) is 23.4 Å². The molecule has 5 rings (SSSR count). The SMILES string of the molecule is C[C@H]1O[C@@H](c2cn(-c3ccc(Br)cc3)nc2-c2ccc(F)cc2)N(CCc2cc(N)cc(F)c2)C1=O. The van der Waals surface area contributed by atoms with Crippen molar-refractivity contribution in [2.45, 2.75) is 25.7 Å². The lowest BCUT2D eigenvalue weighted by atomic mass is 10.1. The van der Waals surface area contributed by atoms with Crippen molar-refractivity contribution in [2.24, 2.45) is 0 Å². The Morgan fingerprint density at radius 2 is 1.75 bits per heavy atom. The highest BCUT2D eigenvalue weighted by atomic mass is 79.9. The third-order valence-corrected chi connectivity index (χ3v) is 6.61. The van der Waals surface area contributed by atoms with E-state index in [1.54, 1.807) is 34.7 Å². The van der Waals surface area contributed by atoms with E-state index in [2.05, 4.69) is 15.9 Å². The summed E-state index contributed by atoms with van der Waals surface area (Å²) in [6.07, 6.45) is 0.838. The number of rotatable bonds is 6. The zero-order valence-corrected chi connectivity index (χ0v) is 21.0. The number of anilines is 1. The van der Waals surface area contributed by atoms with E-state index < -0.39 is 18.1 Å². The molecule has 6 nitrogen and oxygen atoms in total. The molecule has 9 heteroatoms. The van der Waals surface area contributed by atoms with Crippen LogP contribution in [-0.4, -0.2) is 33.2 Å². The first-order chi connectivity index (χ1) is 17.3. The van der Waals surface area contributed by atoms with Crippen LogP contribution < -0.4 is 5.73 Å². The number of carbonyl (C=O) groups excluding carboxylic acids is 1. The molecule has 1 saturated heterocycles. The quantitative estimate of drug-likeness (QED) is 0.313. The molecule has 36 heavy (non-hydrogen) atoms. The molecule has 0 radical (unpaired) electrons. The maximum absolute atomic E-state index is 13.8. The Bertz CT molecular complexity index is 1390. The van der Waals surface area contributed by atoms with E-state index in [0.29, 0.717) is 41.0 Å². The third-order valence-electron chi connectivity index (χ3n) is 6.09. The number of carbonyl (C=O) groups is 1. The summed E-state index contributed by atoms with van der Waals surface area (Å²) in [6.45, 7) is 2.00. The number of nitrogens with two attached hydrogens (primary N) is 1. The molecule has 1 aliphatic heterocycles. The normalized spacial score (nSPS) is 17.7. The lowest BCUT2D eigenvalue weighted by Gasteiger charge is -2.23. The molecule has 0 unspecified atom stereocenters. The minimum atomic E-state index is -0.720. The van der Waals surface area contributed by atoms with Crippen molar-refractivity contribution < 1.29 is 18.3 Å². The molecule has 184 valence electrons. The number of hydrogen-bond acceptors (Lipinski definition) is 4. The number of nitrogen functional groups attached to an aromatic ring is 1. The molecule has 1 aromatic heterocycles. The van der Waals surface area contributed by atoms with Crippen LogP contribution in [0.2, 0.25) is 0 Å². The Kier molecular flexibility index (Phi) is 6.59. The zero-order valence-electron chi connectivity index (χ0n) is 19.4. The summed E-state index contributed by atoms with van der Waals surface area (Å²) in [7, 11) is 0. The van der Waals surface area contributed by atoms with Gasteiger partial charge in [-0.3, -0.25) is 4.79 Å². The Morgan fingerprint density at radius 3 is 2.44 bits per heavy atom. The molecule has 2 heterocycles. The standard InChI is InChI=1S/C27H23BrF2N4O2/c1-16-26(35)33(11-10-17-12-21(30)14-22(31)13-17)27(36-16)24-15-34(23-8-4-19(28)5-9-23)32-25(24)18-2-6-20(29)7-3-18/h2-9,12-16,27H,10-11,31H2,1H3/t16-,27+/m1/s1. The fraction of sp³-hybridized carbons (Fsp3) is 0.185. The van der Waals surface area contributed by atoms with Gasteiger partial charge in [0.05, 0.1) is 5.69 Å². The van der Waals surface area contributed by atoms with Crippen molar-refractivity contribution in [3.63, 3.8) is 0 Å². The fourth-order valence-corrected chi connectivity index (χ4v) is 4.60. The van der Waals surface area contributed by atoms with Gasteiger partial charge in [-0.25, -0.2) is 13.5 Å². The third kappa shape index (κ3) is 4.89. The molecule has 0 spiro atoms. The van der Waals surface area contributed by atoms with Gasteiger partial charge in [0.2, 0.25) is 0 Å². The number of aromatic nitrogens is 2. The van der Waals surface area contributed by atoms with Gasteiger partial charge in [-0.1, -0.05) is 15.9 Å². The maximum atomic E-state index is 13.8. The van der Waals surface area contributed by atoms with Gasteiger partial charge in [-0.15, -0.1) is 0 Å². The lowest BCUT2D eigenvalue weighted by molar-refractivity contribution is -0.130. The Labute approximate surface area is 215 Å². The Hall–Kier alpha value is -3.56. The van der Waals surface area contributed by atoms with E-state index in [-0.39, 0.29) is 11.7 Å². The van der Waals surface area contributed by atoms with Crippen LogP contribution >= 0.6 is 15.9 Å². The predicted octanol–water partition coefficient (Wildman–Crippen LogP) is 5.65. The van der Waals surface area contributed by atoms with Crippen molar-refractivity contribution in [3.8, 4) is 16.9 Å². The second kappa shape index (κ2) is 9.83. The van der Waals surface area contributed by atoms with Gasteiger partial charge >= 0.3 is 0 Å². The maximum Gasteiger partial charge on any atom is 0.253 e. The van der Waals surface area contributed by atoms with E-state index in [1.807, 2.05) is 30.5 Å². The fourth-order valence-electron chi connectivity index (χ4n) is 4.34. The monoisotopic (exact) mass is 552 g/mol. The van der Waals surface area contributed by atoms with Crippen LogP contribution in [0.5, 0.6) is 0 Å². The molecule has 0 saturated carbocycles. The molecule has 1 aliphatic rings. The second-order valence-corrected chi connectivity index (χ2v) is 9.58. The van der Waals surface area contributed by atoms with Crippen molar-refractivity contribution in [1.82, 2.24) is 14.7 Å². The molecular weight excluding hydrogens is 530 g/mol. The highest BCUT2D eigenvalue weighted by molar-refractivity contribution is 9.10. The highest BCUT2D eigenvalue weighted by Crippen LogP contribution is 2.37. The van der Waals surface area contributed by atoms with Gasteiger partial charge in [-0.05, 0) is 85.6 Å². The molecular formula is C27H23BrF2N4O2. The number of hydrogen-bond donors (Lipinski definition) is 1. The second-order valence-electron chi connectivity index (χ2n) is 8.67. The van der Waals surface area contributed by atoms with Gasteiger partial charge in [0.25, 0.3) is 5.91 Å². The predicted molar refractivity (Wildman–Crippen MR) is 136 cm³/mol. The summed E-state index contributed by atoms with van der Waals surface area (Å²) in [5, 5.41) is 4.78. The van der Waals surface area contributed by atoms with Gasteiger partial charge in [-0.2, -0.15) is 5.10 Å². The number of amides is 1. The molecule has 0 aliphatic carbocycles. The first-order valence-corrected chi connectivity index (χ1v) is 12.2. The minimum absolute atomic E-state index is 0.175. The van der Waals surface area contributed by atoms with E-state index in [9.17, 15) is 13.6 Å². The summed E-state index contributed by atoms with van der Waals surface area (Å²) in [6, 6.07) is 18.0. The summed E-state index contributed by atoms with van der Waals surface area (Å²) in [5.41, 5.74) is 9.54. The Morgan fingerprint density at radius 1 is 1.03 bits per heavy atom. The van der Waals surface area contributed by atoms with Gasteiger partial charge in [0, 0.05) is 34.0 Å². The van der Waals surface area contributed by atoms with Crippen LogP contribution in [0.25, 0.3) is 16.9 Å². The topological polar surface area (TPSA) is 73.4 Å². The smallest absolute Gasteiger partial charge is 0.253 e. The minimum Gasteiger partial charge on any atom is -0.399 e. The van der Waals surface area contributed by atoms with Crippen molar-refractivity contribution in [3.05, 3.63) is 100 Å². The molecule has 2 N–H and O–H groups in total. The lowest BCUT2D eigenvalue weighted by Crippen LogP contribution is -2.32. The van der Waals surface area contributed by atoms with Crippen molar-refractivity contribution >= 4 is 27.5 Å². The average Bonchev–Trinajstić information content (AvgIpc) is 3.39. The van der Waals surface area contributed by atoms with E-state index in [4.69, 9.17) is 15.6 Å². The average molecular weight is 553 g/mol. The molecule has 4 aromatic rings. The highest BCUT2D eigenvalue weighted by Gasteiger charge is 2.40. The van der Waals surface area contributed by atoms with Crippen LogP contribution in [0, 0.1) is 11.6 Å². The molecule has 1 fully saturated rings. The van der Waals surface area contributed by atoms with Crippen LogP contribution in [0.15, 0.2) is 77.4 Å². The Balaban J connectivity index is 1.53. The first-order valence-electron chi connectivity index (χ1n) is 11.4. The summed E-state index contributed by atoms with van der Waals surface area (Å²) >= 11 is 3.44. The van der Waals surface area contributed by atoms with Crippen molar-refractivity contribution in [1.29, 1.82) is 0 Å². The van der Waals surface area contributed by atoms with Crippen LogP contribution in [0.3, 0.4) is 0 Å². The summed E-state index contributed by atoms with van der Waals surface area (Å²) in [5.74, 6) is -0.955. The first kappa shape index (κ1) is 24.1. The van der Waals surface area contributed by atoms with Crippen LogP contribution in [0.4, 0.5) is 14.5 Å². The zero-order chi connectivity index (χ0) is 25.4. The van der Waals surface area contributed by atoms with Crippen LogP contribution in [-0.2, 0) is 16.0 Å². The number of halogens is 3. The number of ether oxygens (including phenoxy) is 1. The number of benzene rings is 3. The van der Waals surface area contributed by atoms with Gasteiger partial charge in [0.15, 0.2) is 6.23 Å². The molecule has 3 aromatic carbocycles. The summed E-state index contributed by atoms with van der Waals surface area (Å²) < 4.78 is 36.2. The van der Waals surface area contributed by atoms with E-state index in [1.165, 1.54) is 24.3 Å².